The molecule has 0 aliphatic carbocycles. The first-order valence-electron chi connectivity index (χ1n) is 7.14. The second kappa shape index (κ2) is 7.75. The van der Waals surface area contributed by atoms with Gasteiger partial charge < -0.3 is 20.5 Å². The van der Waals surface area contributed by atoms with Gasteiger partial charge in [-0.25, -0.2) is 4.79 Å². The summed E-state index contributed by atoms with van der Waals surface area (Å²) in [4.78, 5) is 11.8. The molecule has 5 nitrogen and oxygen atoms in total. The Morgan fingerprint density at radius 2 is 2.15 bits per heavy atom. The van der Waals surface area contributed by atoms with Crippen molar-refractivity contribution >= 4 is 6.03 Å². The molecule has 0 saturated carbocycles. The minimum atomic E-state index is -0.146. The van der Waals surface area contributed by atoms with Crippen LogP contribution in [0.2, 0.25) is 0 Å². The average Bonchev–Trinajstić information content (AvgIpc) is 2.69. The molecule has 20 heavy (non-hydrogen) atoms. The fraction of sp³-hybridized carbons (Fsp3) is 0.533. The predicted molar refractivity (Wildman–Crippen MR) is 76.8 cm³/mol. The van der Waals surface area contributed by atoms with Gasteiger partial charge in [0.1, 0.15) is 5.75 Å². The van der Waals surface area contributed by atoms with E-state index in [0.717, 1.165) is 31.4 Å². The molecule has 1 unspecified atom stereocenters. The van der Waals surface area contributed by atoms with Crippen molar-refractivity contribution in [2.24, 2.45) is 0 Å². The highest BCUT2D eigenvalue weighted by molar-refractivity contribution is 5.74. The standard InChI is InChI=1S/C15H22N2O3/c18-14-6-2-1-4-12(14)7-9-16-15(19)17-13-5-3-10-20-11-8-13/h1-2,4,6,13,18H,3,5,7-11H2,(H2,16,17,19). The number of benzene rings is 1. The predicted octanol–water partition coefficient (Wildman–Crippen LogP) is 1.80. The van der Waals surface area contributed by atoms with Crippen molar-refractivity contribution in [1.29, 1.82) is 0 Å². The van der Waals surface area contributed by atoms with Crippen LogP contribution in [0.3, 0.4) is 0 Å². The molecule has 110 valence electrons. The molecule has 1 saturated heterocycles. The number of carbonyl (C=O) groups excluding carboxylic acids is 1. The average molecular weight is 278 g/mol. The van der Waals surface area contributed by atoms with Crippen molar-refractivity contribution in [3.63, 3.8) is 0 Å². The summed E-state index contributed by atoms with van der Waals surface area (Å²) in [6.07, 6.45) is 3.44. The van der Waals surface area contributed by atoms with Gasteiger partial charge >= 0.3 is 6.03 Å². The SMILES string of the molecule is O=C(NCCc1ccccc1O)NC1CCCOCC1. The van der Waals surface area contributed by atoms with Gasteiger partial charge in [-0.3, -0.25) is 0 Å². The Bertz CT molecular complexity index is 429. The van der Waals surface area contributed by atoms with E-state index in [1.165, 1.54) is 0 Å². The zero-order valence-electron chi connectivity index (χ0n) is 11.6. The lowest BCUT2D eigenvalue weighted by Gasteiger charge is -2.16. The van der Waals surface area contributed by atoms with Crippen LogP contribution in [0.25, 0.3) is 0 Å². The van der Waals surface area contributed by atoms with E-state index in [-0.39, 0.29) is 17.8 Å². The second-order valence-corrected chi connectivity index (χ2v) is 5.02. The summed E-state index contributed by atoms with van der Waals surface area (Å²) in [5, 5.41) is 15.4. The quantitative estimate of drug-likeness (QED) is 0.786. The Hall–Kier alpha value is -1.75. The number of amides is 2. The molecule has 0 bridgehead atoms. The molecule has 2 rings (SSSR count). The third kappa shape index (κ3) is 4.74. The summed E-state index contributed by atoms with van der Waals surface area (Å²) >= 11 is 0. The van der Waals surface area contributed by atoms with Gasteiger partial charge in [0.05, 0.1) is 0 Å². The van der Waals surface area contributed by atoms with Crippen LogP contribution in [-0.2, 0) is 11.2 Å². The first kappa shape index (κ1) is 14.7. The molecule has 1 aliphatic heterocycles. The normalized spacial score (nSPS) is 19.1. The number of hydrogen-bond donors (Lipinski definition) is 3. The highest BCUT2D eigenvalue weighted by atomic mass is 16.5. The Kier molecular flexibility index (Phi) is 5.68. The summed E-state index contributed by atoms with van der Waals surface area (Å²) in [5.74, 6) is 0.274. The summed E-state index contributed by atoms with van der Waals surface area (Å²) in [6, 6.07) is 7.22. The van der Waals surface area contributed by atoms with E-state index in [0.29, 0.717) is 19.6 Å². The van der Waals surface area contributed by atoms with Crippen LogP contribution in [0, 0.1) is 0 Å². The van der Waals surface area contributed by atoms with Crippen LogP contribution in [0.5, 0.6) is 5.75 Å². The maximum Gasteiger partial charge on any atom is 0.315 e. The molecule has 5 heteroatoms. The molecular weight excluding hydrogens is 256 g/mol. The number of hydrogen-bond acceptors (Lipinski definition) is 3. The zero-order valence-corrected chi connectivity index (χ0v) is 11.6. The number of urea groups is 1. The van der Waals surface area contributed by atoms with Gasteiger partial charge in [-0.05, 0) is 37.3 Å². The van der Waals surface area contributed by atoms with Crippen LogP contribution >= 0.6 is 0 Å². The number of para-hydroxylation sites is 1. The maximum atomic E-state index is 11.8. The van der Waals surface area contributed by atoms with E-state index >= 15 is 0 Å². The molecule has 1 atom stereocenters. The summed E-state index contributed by atoms with van der Waals surface area (Å²) in [6.45, 7) is 2.00. The third-order valence-electron chi connectivity index (χ3n) is 3.46. The van der Waals surface area contributed by atoms with Gasteiger partial charge in [0.2, 0.25) is 0 Å². The molecule has 1 aromatic carbocycles. The van der Waals surface area contributed by atoms with E-state index in [1.807, 2.05) is 12.1 Å². The third-order valence-corrected chi connectivity index (χ3v) is 3.46. The van der Waals surface area contributed by atoms with E-state index in [9.17, 15) is 9.90 Å². The lowest BCUT2D eigenvalue weighted by molar-refractivity contribution is 0.143. The Balaban J connectivity index is 1.68. The van der Waals surface area contributed by atoms with Crippen molar-refractivity contribution in [1.82, 2.24) is 10.6 Å². The first-order chi connectivity index (χ1) is 9.75. The van der Waals surface area contributed by atoms with Gasteiger partial charge in [0.25, 0.3) is 0 Å². The van der Waals surface area contributed by atoms with Crippen molar-refractivity contribution in [2.75, 3.05) is 19.8 Å². The minimum absolute atomic E-state index is 0.146. The van der Waals surface area contributed by atoms with Crippen LogP contribution < -0.4 is 10.6 Å². The fourth-order valence-electron chi connectivity index (χ4n) is 2.32. The van der Waals surface area contributed by atoms with Crippen LogP contribution in [0.15, 0.2) is 24.3 Å². The van der Waals surface area contributed by atoms with Crippen molar-refractivity contribution in [3.8, 4) is 5.75 Å². The van der Waals surface area contributed by atoms with E-state index in [1.54, 1.807) is 12.1 Å². The molecule has 0 radical (unpaired) electrons. The first-order valence-corrected chi connectivity index (χ1v) is 7.14. The summed E-state index contributed by atoms with van der Waals surface area (Å²) < 4.78 is 5.36. The number of phenolic OH excluding ortho intramolecular Hbond substituents is 1. The summed E-state index contributed by atoms with van der Waals surface area (Å²) in [5.41, 5.74) is 0.843. The van der Waals surface area contributed by atoms with Gasteiger partial charge in [0.15, 0.2) is 0 Å². The summed E-state index contributed by atoms with van der Waals surface area (Å²) in [7, 11) is 0. The number of aromatic hydroxyl groups is 1. The Morgan fingerprint density at radius 1 is 1.30 bits per heavy atom. The number of nitrogens with one attached hydrogen (secondary N) is 2. The van der Waals surface area contributed by atoms with E-state index < -0.39 is 0 Å². The maximum absolute atomic E-state index is 11.8. The molecule has 2 amide bonds. The van der Waals surface area contributed by atoms with Gasteiger partial charge in [-0.1, -0.05) is 18.2 Å². The Morgan fingerprint density at radius 3 is 3.00 bits per heavy atom. The van der Waals surface area contributed by atoms with Crippen molar-refractivity contribution in [3.05, 3.63) is 29.8 Å². The molecule has 3 N–H and O–H groups in total. The van der Waals surface area contributed by atoms with Crippen molar-refractivity contribution < 1.29 is 14.6 Å². The van der Waals surface area contributed by atoms with Crippen LogP contribution in [0.4, 0.5) is 4.79 Å². The number of ether oxygens (including phenoxy) is 1. The zero-order chi connectivity index (χ0) is 14.2. The highest BCUT2D eigenvalue weighted by Crippen LogP contribution is 2.15. The van der Waals surface area contributed by atoms with Gasteiger partial charge in [-0.15, -0.1) is 0 Å². The molecule has 1 aliphatic rings. The van der Waals surface area contributed by atoms with Gasteiger partial charge in [-0.2, -0.15) is 0 Å². The lowest BCUT2D eigenvalue weighted by atomic mass is 10.1. The molecule has 1 fully saturated rings. The van der Waals surface area contributed by atoms with Crippen LogP contribution in [0.1, 0.15) is 24.8 Å². The fourth-order valence-corrected chi connectivity index (χ4v) is 2.32. The molecule has 1 heterocycles. The highest BCUT2D eigenvalue weighted by Gasteiger charge is 2.14. The lowest BCUT2D eigenvalue weighted by Crippen LogP contribution is -2.42. The van der Waals surface area contributed by atoms with Crippen LogP contribution in [-0.4, -0.2) is 36.9 Å². The Labute approximate surface area is 119 Å². The number of carbonyl (C=O) groups is 1. The second-order valence-electron chi connectivity index (χ2n) is 5.02. The minimum Gasteiger partial charge on any atom is -0.508 e. The molecule has 1 aromatic rings. The monoisotopic (exact) mass is 278 g/mol. The number of phenols is 1. The van der Waals surface area contributed by atoms with E-state index in [2.05, 4.69) is 10.6 Å². The molecule has 0 aromatic heterocycles. The van der Waals surface area contributed by atoms with E-state index in [4.69, 9.17) is 4.74 Å². The van der Waals surface area contributed by atoms with Gasteiger partial charge in [0, 0.05) is 25.8 Å². The largest absolute Gasteiger partial charge is 0.508 e. The number of rotatable bonds is 4. The topological polar surface area (TPSA) is 70.6 Å². The smallest absolute Gasteiger partial charge is 0.315 e. The molecule has 0 spiro atoms. The van der Waals surface area contributed by atoms with Crippen molar-refractivity contribution in [2.45, 2.75) is 31.7 Å². The molecular formula is C15H22N2O3.